The maximum atomic E-state index is 12.6. The van der Waals surface area contributed by atoms with Gasteiger partial charge in [-0.05, 0) is 29.7 Å². The number of tetrazole rings is 1. The quantitative estimate of drug-likeness (QED) is 0.860. The van der Waals surface area contributed by atoms with Crippen LogP contribution in [0.25, 0.3) is 0 Å². The molecule has 2 aromatic rings. The first-order chi connectivity index (χ1) is 10.9. The van der Waals surface area contributed by atoms with E-state index >= 15 is 0 Å². The largest absolute Gasteiger partial charge is 0.332 e. The van der Waals surface area contributed by atoms with E-state index in [0.29, 0.717) is 0 Å². The molecular weight excluding hydrogens is 312 g/mol. The van der Waals surface area contributed by atoms with Gasteiger partial charge in [0.2, 0.25) is 5.91 Å². The minimum atomic E-state index is 0.0324. The fraction of sp³-hybridized carbons (Fsp3) is 0.667. The normalized spacial score (nSPS) is 19.1. The summed E-state index contributed by atoms with van der Waals surface area (Å²) in [5.74, 6) is 0.0505. The lowest BCUT2D eigenvalue weighted by molar-refractivity contribution is -0.136. The maximum Gasteiger partial charge on any atom is 0.245 e. The molecule has 0 radical (unpaired) electrons. The summed E-state index contributed by atoms with van der Waals surface area (Å²) in [4.78, 5) is 19.4. The third kappa shape index (κ3) is 3.57. The van der Waals surface area contributed by atoms with Gasteiger partial charge in [0, 0.05) is 17.3 Å². The fourth-order valence-corrected chi connectivity index (χ4v) is 3.95. The first kappa shape index (κ1) is 16.0. The Labute approximate surface area is 139 Å². The van der Waals surface area contributed by atoms with Gasteiger partial charge in [0.25, 0.3) is 0 Å². The highest BCUT2D eigenvalue weighted by atomic mass is 32.1. The molecule has 0 spiro atoms. The Balaban J connectivity index is 1.78. The number of thiazole rings is 1. The number of carbonyl (C=O) groups is 1. The Morgan fingerprint density at radius 3 is 2.87 bits per heavy atom. The van der Waals surface area contributed by atoms with Crippen molar-refractivity contribution >= 4 is 17.2 Å². The van der Waals surface area contributed by atoms with Crippen LogP contribution in [0.3, 0.4) is 0 Å². The van der Waals surface area contributed by atoms with Gasteiger partial charge < -0.3 is 4.90 Å². The zero-order valence-corrected chi connectivity index (χ0v) is 14.6. The summed E-state index contributed by atoms with van der Waals surface area (Å²) in [5, 5.41) is 14.1. The average molecular weight is 334 g/mol. The smallest absolute Gasteiger partial charge is 0.245 e. The van der Waals surface area contributed by atoms with Crippen LogP contribution in [-0.2, 0) is 16.8 Å². The van der Waals surface area contributed by atoms with E-state index in [-0.39, 0.29) is 23.9 Å². The average Bonchev–Trinajstić information content (AvgIpc) is 3.18. The second kappa shape index (κ2) is 6.35. The van der Waals surface area contributed by atoms with E-state index in [1.807, 2.05) is 4.90 Å². The summed E-state index contributed by atoms with van der Waals surface area (Å²) in [7, 11) is 0. The number of rotatable bonds is 3. The monoisotopic (exact) mass is 334 g/mol. The molecule has 0 aromatic carbocycles. The summed E-state index contributed by atoms with van der Waals surface area (Å²) in [6.45, 7) is 7.44. The van der Waals surface area contributed by atoms with Crippen LogP contribution < -0.4 is 0 Å². The highest BCUT2D eigenvalue weighted by Crippen LogP contribution is 2.35. The zero-order chi connectivity index (χ0) is 16.4. The minimum absolute atomic E-state index is 0.0324. The fourth-order valence-electron chi connectivity index (χ4n) is 2.75. The molecule has 8 heteroatoms. The number of hydrogen-bond acceptors (Lipinski definition) is 6. The van der Waals surface area contributed by atoms with Gasteiger partial charge in [-0.25, -0.2) is 9.67 Å². The lowest BCUT2D eigenvalue weighted by Crippen LogP contribution is -2.40. The summed E-state index contributed by atoms with van der Waals surface area (Å²) >= 11 is 1.66. The van der Waals surface area contributed by atoms with Crippen molar-refractivity contribution in [3.05, 3.63) is 22.4 Å². The van der Waals surface area contributed by atoms with Crippen LogP contribution in [0.1, 0.15) is 56.8 Å². The molecule has 3 heterocycles. The minimum Gasteiger partial charge on any atom is -0.332 e. The number of aromatic nitrogens is 5. The van der Waals surface area contributed by atoms with Gasteiger partial charge in [-0.15, -0.1) is 16.4 Å². The lowest BCUT2D eigenvalue weighted by atomic mass is 9.93. The van der Waals surface area contributed by atoms with Gasteiger partial charge in [0.15, 0.2) is 0 Å². The SMILES string of the molecule is CC(C)(C)c1csc([C@H]2CCCCN2C(=O)Cn2cnnn2)n1. The summed E-state index contributed by atoms with van der Waals surface area (Å²) < 4.78 is 1.47. The molecule has 1 fully saturated rings. The second-order valence-corrected chi connectivity index (χ2v) is 7.82. The molecular formula is C15H22N6OS. The first-order valence-electron chi connectivity index (χ1n) is 7.91. The third-order valence-corrected chi connectivity index (χ3v) is 5.03. The van der Waals surface area contributed by atoms with Crippen LogP contribution >= 0.6 is 11.3 Å². The van der Waals surface area contributed by atoms with Gasteiger partial charge in [0.1, 0.15) is 17.9 Å². The van der Waals surface area contributed by atoms with Gasteiger partial charge in [-0.1, -0.05) is 20.8 Å². The number of likely N-dealkylation sites (tertiary alicyclic amines) is 1. The number of amides is 1. The van der Waals surface area contributed by atoms with E-state index in [9.17, 15) is 4.79 Å². The molecule has 0 unspecified atom stereocenters. The van der Waals surface area contributed by atoms with Crippen molar-refractivity contribution in [2.24, 2.45) is 0 Å². The lowest BCUT2D eigenvalue weighted by Gasteiger charge is -2.34. The van der Waals surface area contributed by atoms with Crippen molar-refractivity contribution in [2.45, 2.75) is 58.0 Å². The molecule has 7 nitrogen and oxygen atoms in total. The van der Waals surface area contributed by atoms with Crippen LogP contribution in [0.2, 0.25) is 0 Å². The van der Waals surface area contributed by atoms with Crippen molar-refractivity contribution in [1.29, 1.82) is 0 Å². The molecule has 3 rings (SSSR count). The summed E-state index contributed by atoms with van der Waals surface area (Å²) in [5.41, 5.74) is 1.13. The first-order valence-corrected chi connectivity index (χ1v) is 8.79. The van der Waals surface area contributed by atoms with Crippen molar-refractivity contribution in [3.63, 3.8) is 0 Å². The van der Waals surface area contributed by atoms with Crippen LogP contribution in [0.15, 0.2) is 11.7 Å². The molecule has 0 saturated carbocycles. The van der Waals surface area contributed by atoms with Gasteiger partial charge in [0.05, 0.1) is 11.7 Å². The molecule has 1 amide bonds. The predicted octanol–water partition coefficient (Wildman–Crippen LogP) is 2.18. The van der Waals surface area contributed by atoms with E-state index in [1.54, 1.807) is 11.3 Å². The van der Waals surface area contributed by atoms with Crippen molar-refractivity contribution < 1.29 is 4.79 Å². The van der Waals surface area contributed by atoms with Crippen LogP contribution in [0.5, 0.6) is 0 Å². The van der Waals surface area contributed by atoms with Crippen LogP contribution in [0.4, 0.5) is 0 Å². The Hall–Kier alpha value is -1.83. The molecule has 1 aliphatic rings. The van der Waals surface area contributed by atoms with E-state index < -0.39 is 0 Å². The topological polar surface area (TPSA) is 76.8 Å². The van der Waals surface area contributed by atoms with Gasteiger partial charge >= 0.3 is 0 Å². The number of nitrogens with zero attached hydrogens (tertiary/aromatic N) is 6. The Bertz CT molecular complexity index is 660. The highest BCUT2D eigenvalue weighted by molar-refractivity contribution is 7.09. The molecule has 1 saturated heterocycles. The van der Waals surface area contributed by atoms with E-state index in [2.05, 4.69) is 41.7 Å². The van der Waals surface area contributed by atoms with E-state index in [1.165, 1.54) is 11.0 Å². The molecule has 1 atom stereocenters. The standard InChI is InChI=1S/C15H22N6OS/c1-15(2,3)12-9-23-14(17-12)11-6-4-5-7-21(11)13(22)8-20-10-16-18-19-20/h9-11H,4-8H2,1-3H3/t11-/m1/s1. The summed E-state index contributed by atoms with van der Waals surface area (Å²) in [6.07, 6.45) is 4.61. The number of carbonyl (C=O) groups excluding carboxylic acids is 1. The van der Waals surface area contributed by atoms with Gasteiger partial charge in [-0.3, -0.25) is 4.79 Å². The zero-order valence-electron chi connectivity index (χ0n) is 13.8. The number of piperidine rings is 1. The molecule has 0 N–H and O–H groups in total. The summed E-state index contributed by atoms with van der Waals surface area (Å²) in [6, 6.07) is 0.0776. The van der Waals surface area contributed by atoms with Crippen molar-refractivity contribution in [3.8, 4) is 0 Å². The van der Waals surface area contributed by atoms with Crippen LogP contribution in [0, 0.1) is 0 Å². The Morgan fingerprint density at radius 2 is 2.22 bits per heavy atom. The van der Waals surface area contributed by atoms with Crippen LogP contribution in [-0.4, -0.2) is 42.5 Å². The van der Waals surface area contributed by atoms with Crippen molar-refractivity contribution in [1.82, 2.24) is 30.1 Å². The highest BCUT2D eigenvalue weighted by Gasteiger charge is 2.31. The maximum absolute atomic E-state index is 12.6. The number of hydrogen-bond donors (Lipinski definition) is 0. The second-order valence-electron chi connectivity index (χ2n) is 6.93. The molecule has 124 valence electrons. The molecule has 0 bridgehead atoms. The molecule has 1 aliphatic heterocycles. The van der Waals surface area contributed by atoms with Crippen molar-refractivity contribution in [2.75, 3.05) is 6.54 Å². The third-order valence-electron chi connectivity index (χ3n) is 4.09. The molecule has 23 heavy (non-hydrogen) atoms. The van der Waals surface area contributed by atoms with E-state index in [0.717, 1.165) is 36.5 Å². The Morgan fingerprint density at radius 1 is 1.39 bits per heavy atom. The predicted molar refractivity (Wildman–Crippen MR) is 86.9 cm³/mol. The molecule has 2 aromatic heterocycles. The van der Waals surface area contributed by atoms with Gasteiger partial charge in [-0.2, -0.15) is 0 Å². The van der Waals surface area contributed by atoms with E-state index in [4.69, 9.17) is 4.98 Å². The Kier molecular flexibility index (Phi) is 4.43. The molecule has 0 aliphatic carbocycles.